The van der Waals surface area contributed by atoms with E-state index in [0.717, 1.165) is 24.3 Å². The predicted molar refractivity (Wildman–Crippen MR) is 134 cm³/mol. The number of benzene rings is 3. The lowest BCUT2D eigenvalue weighted by molar-refractivity contribution is -0.431. The third-order valence-corrected chi connectivity index (χ3v) is 6.28. The Labute approximate surface area is 202 Å². The maximum Gasteiger partial charge on any atom is 0.710 e. The van der Waals surface area contributed by atoms with Crippen LogP contribution in [0, 0.1) is 10.1 Å². The van der Waals surface area contributed by atoms with Crippen molar-refractivity contribution in [3.63, 3.8) is 0 Å². The minimum atomic E-state index is -2.50. The quantitative estimate of drug-likeness (QED) is 0.312. The zero-order valence-electron chi connectivity index (χ0n) is 19.3. The van der Waals surface area contributed by atoms with Gasteiger partial charge in [0.1, 0.15) is 0 Å². The first-order valence-electron chi connectivity index (χ1n) is 11.4. The van der Waals surface area contributed by atoms with Gasteiger partial charge in [-0.05, 0) is 48.7 Å². The molecule has 0 saturated carbocycles. The number of rotatable bonds is 6. The fourth-order valence-corrected chi connectivity index (χ4v) is 4.43. The fraction of sp³-hybridized carbons (Fsp3) is 0.160. The molecule has 35 heavy (non-hydrogen) atoms. The normalized spacial score (nSPS) is 18.3. The summed E-state index contributed by atoms with van der Waals surface area (Å²) >= 11 is 0. The molecule has 2 heterocycles. The summed E-state index contributed by atoms with van der Waals surface area (Å²) in [5.74, 6) is -0.0769. The van der Waals surface area contributed by atoms with Crippen LogP contribution in [0.15, 0.2) is 77.9 Å². The van der Waals surface area contributed by atoms with Gasteiger partial charge in [-0.15, -0.1) is 0 Å². The molecule has 0 N–H and O–H groups in total. The molecule has 0 fully saturated rings. The third kappa shape index (κ3) is 3.82. The Hall–Kier alpha value is -4.47. The standard InChI is InChI=1S/C25H23BN4O5/c1-3-28(4-2)22-15-12-19-17-29-26(34-23(19)16-22,20-8-6-5-7-9-20)35-25(31)24(27-29)18-10-13-21(14-11-18)30(32)33/h5-17H,3-4H2,1-2H3. The van der Waals surface area contributed by atoms with E-state index in [1.807, 2.05) is 48.5 Å². The number of fused-ring (bicyclic) bond motifs is 2. The number of nitrogens with zero attached hydrogens (tertiary/aromatic N) is 4. The number of anilines is 1. The molecule has 0 spiro atoms. The van der Waals surface area contributed by atoms with Crippen LogP contribution in [0.1, 0.15) is 25.0 Å². The first kappa shape index (κ1) is 22.3. The van der Waals surface area contributed by atoms with Crippen LogP contribution in [-0.4, -0.2) is 47.2 Å². The number of hydrazone groups is 1. The van der Waals surface area contributed by atoms with Crippen molar-refractivity contribution < 1.29 is 23.6 Å². The van der Waals surface area contributed by atoms with E-state index in [4.69, 9.17) is 9.31 Å². The molecule has 10 heteroatoms. The molecular formula is C25H23BN4O5. The number of nitro groups is 1. The summed E-state index contributed by atoms with van der Waals surface area (Å²) in [4.78, 5) is 25.9. The molecule has 0 saturated heterocycles. The lowest BCUT2D eigenvalue weighted by Gasteiger charge is -2.40. The highest BCUT2D eigenvalue weighted by Crippen LogP contribution is 2.32. The topological polar surface area (TPSA) is 97.3 Å². The maximum absolute atomic E-state index is 13.2. The highest BCUT2D eigenvalue weighted by atomic mass is 16.7. The Bertz CT molecular complexity index is 1370. The van der Waals surface area contributed by atoms with Crippen molar-refractivity contribution in [3.8, 4) is 5.75 Å². The van der Waals surface area contributed by atoms with Crippen molar-refractivity contribution in [1.29, 1.82) is 0 Å². The van der Waals surface area contributed by atoms with Gasteiger partial charge < -0.3 is 14.2 Å². The van der Waals surface area contributed by atoms with Crippen LogP contribution in [0.2, 0.25) is 0 Å². The summed E-state index contributed by atoms with van der Waals surface area (Å²) < 4.78 is 14.1. The van der Waals surface area contributed by atoms with E-state index in [0.29, 0.717) is 16.8 Å². The summed E-state index contributed by atoms with van der Waals surface area (Å²) in [7, 11) is 0. The Morgan fingerprint density at radius 2 is 1.71 bits per heavy atom. The number of hydrogen-bond acceptors (Lipinski definition) is 7. The van der Waals surface area contributed by atoms with Crippen LogP contribution in [0.3, 0.4) is 0 Å². The second kappa shape index (κ2) is 8.71. The van der Waals surface area contributed by atoms with Crippen molar-refractivity contribution in [1.82, 2.24) is 0 Å². The minimum Gasteiger partial charge on any atom is -0.617 e. The van der Waals surface area contributed by atoms with Crippen LogP contribution >= 0.6 is 0 Å². The van der Waals surface area contributed by atoms with Crippen molar-refractivity contribution >= 4 is 41.4 Å². The van der Waals surface area contributed by atoms with Gasteiger partial charge >= 0.3 is 12.7 Å². The number of nitro benzene ring substituents is 1. The summed E-state index contributed by atoms with van der Waals surface area (Å²) in [5, 5.41) is 15.6. The third-order valence-electron chi connectivity index (χ3n) is 6.28. The molecule has 0 bridgehead atoms. The molecule has 9 nitrogen and oxygen atoms in total. The smallest absolute Gasteiger partial charge is 0.617 e. The van der Waals surface area contributed by atoms with Crippen LogP contribution in [-0.2, 0) is 9.45 Å². The summed E-state index contributed by atoms with van der Waals surface area (Å²) in [6.07, 6.45) is 1.80. The van der Waals surface area contributed by atoms with Crippen molar-refractivity contribution in [2.75, 3.05) is 18.0 Å². The van der Waals surface area contributed by atoms with Gasteiger partial charge in [-0.2, -0.15) is 0 Å². The van der Waals surface area contributed by atoms with Crippen molar-refractivity contribution in [2.45, 2.75) is 13.8 Å². The van der Waals surface area contributed by atoms with Gasteiger partial charge in [-0.1, -0.05) is 30.3 Å². The van der Waals surface area contributed by atoms with E-state index in [1.54, 1.807) is 10.8 Å². The molecule has 3 aromatic rings. The Morgan fingerprint density at radius 1 is 1.00 bits per heavy atom. The van der Waals surface area contributed by atoms with Crippen molar-refractivity contribution in [3.05, 3.63) is 94.0 Å². The van der Waals surface area contributed by atoms with Gasteiger partial charge in [-0.25, -0.2) is 9.39 Å². The second-order valence-corrected chi connectivity index (χ2v) is 8.26. The monoisotopic (exact) mass is 470 g/mol. The highest BCUT2D eigenvalue weighted by Gasteiger charge is 2.57. The van der Waals surface area contributed by atoms with Crippen LogP contribution in [0.25, 0.3) is 0 Å². The first-order valence-corrected chi connectivity index (χ1v) is 11.4. The van der Waals surface area contributed by atoms with Gasteiger partial charge in [0.2, 0.25) is 5.71 Å². The highest BCUT2D eigenvalue weighted by molar-refractivity contribution is 6.78. The minimum absolute atomic E-state index is 0.0383. The van der Waals surface area contributed by atoms with E-state index < -0.39 is 17.6 Å². The molecule has 0 aromatic heterocycles. The van der Waals surface area contributed by atoms with Gasteiger partial charge in [0, 0.05) is 42.5 Å². The second-order valence-electron chi connectivity index (χ2n) is 8.26. The van der Waals surface area contributed by atoms with Gasteiger partial charge in [-0.3, -0.25) is 10.1 Å². The molecule has 1 unspecified atom stereocenters. The maximum atomic E-state index is 13.2. The number of carbonyl (C=O) groups is 1. The molecule has 5 rings (SSSR count). The van der Waals surface area contributed by atoms with Crippen LogP contribution < -0.4 is 15.0 Å². The van der Waals surface area contributed by atoms with E-state index in [9.17, 15) is 14.9 Å². The number of non-ortho nitro benzene ring substituents is 1. The largest absolute Gasteiger partial charge is 0.710 e. The lowest BCUT2D eigenvalue weighted by Crippen LogP contribution is -2.69. The summed E-state index contributed by atoms with van der Waals surface area (Å²) in [6.45, 7) is 3.37. The first-order chi connectivity index (χ1) is 16.9. The average Bonchev–Trinajstić information content (AvgIpc) is 2.88. The molecular weight excluding hydrogens is 447 g/mol. The Balaban J connectivity index is 1.65. The van der Waals surface area contributed by atoms with Crippen molar-refractivity contribution in [2.24, 2.45) is 5.10 Å². The van der Waals surface area contributed by atoms with E-state index in [1.165, 1.54) is 24.3 Å². The molecule has 176 valence electrons. The molecule has 2 aliphatic rings. The predicted octanol–water partition coefficient (Wildman–Crippen LogP) is 3.07. The molecule has 0 amide bonds. The van der Waals surface area contributed by atoms with E-state index in [-0.39, 0.29) is 11.4 Å². The summed E-state index contributed by atoms with van der Waals surface area (Å²) in [6, 6.07) is 20.8. The summed E-state index contributed by atoms with van der Waals surface area (Å²) in [5.41, 5.74) is 2.83. The SMILES string of the molecule is CCN(CC)c1ccc2c(c1)O[B-]1(c3ccccc3)OC(=O)C(c3ccc([N+](=O)[O-])cc3)=N[N+]1=C2. The van der Waals surface area contributed by atoms with E-state index in [2.05, 4.69) is 23.8 Å². The average molecular weight is 470 g/mol. The molecule has 2 aliphatic heterocycles. The van der Waals surface area contributed by atoms with E-state index >= 15 is 0 Å². The molecule has 0 radical (unpaired) electrons. The zero-order chi connectivity index (χ0) is 24.6. The molecule has 3 aromatic carbocycles. The van der Waals surface area contributed by atoms with Crippen LogP contribution in [0.4, 0.5) is 11.4 Å². The Kier molecular flexibility index (Phi) is 5.56. The zero-order valence-corrected chi connectivity index (χ0v) is 19.3. The van der Waals surface area contributed by atoms with Gasteiger partial charge in [0.05, 0.1) is 16.2 Å². The van der Waals surface area contributed by atoms with Gasteiger partial charge in [0.25, 0.3) is 5.69 Å². The fourth-order valence-electron chi connectivity index (χ4n) is 4.43. The number of hydrogen-bond donors (Lipinski definition) is 0. The lowest BCUT2D eigenvalue weighted by atomic mass is 9.62. The number of carbonyl (C=O) groups excluding carboxylic acids is 1. The van der Waals surface area contributed by atoms with Crippen LogP contribution in [0.5, 0.6) is 5.75 Å². The molecule has 1 atom stereocenters. The Morgan fingerprint density at radius 3 is 2.37 bits per heavy atom. The van der Waals surface area contributed by atoms with Gasteiger partial charge in [0.15, 0.2) is 6.21 Å². The molecule has 0 aliphatic carbocycles.